The Balaban J connectivity index is 1.97. The van der Waals surface area contributed by atoms with E-state index in [9.17, 15) is 19.2 Å². The predicted molar refractivity (Wildman–Crippen MR) is 115 cm³/mol. The molecule has 1 aliphatic rings. The average Bonchev–Trinajstić information content (AvgIpc) is 3.03. The molecule has 0 saturated carbocycles. The van der Waals surface area contributed by atoms with Gasteiger partial charge in [0.2, 0.25) is 5.91 Å². The number of hydrogen-bond donors (Lipinski definition) is 1. The van der Waals surface area contributed by atoms with Crippen LogP contribution in [0.2, 0.25) is 0 Å². The van der Waals surface area contributed by atoms with Gasteiger partial charge in [0.1, 0.15) is 6.04 Å². The first-order valence-electron chi connectivity index (χ1n) is 11.8. The highest BCUT2D eigenvalue weighted by Gasteiger charge is 2.34. The molecule has 7 heteroatoms. The summed E-state index contributed by atoms with van der Waals surface area (Å²) >= 11 is 0. The monoisotopic (exact) mass is 424 g/mol. The molecule has 1 rings (SSSR count). The zero-order valence-electron chi connectivity index (χ0n) is 18.9. The van der Waals surface area contributed by atoms with Crippen molar-refractivity contribution in [3.8, 4) is 0 Å². The van der Waals surface area contributed by atoms with Gasteiger partial charge in [-0.2, -0.15) is 0 Å². The number of carbonyl (C=O) groups excluding carboxylic acids is 4. The van der Waals surface area contributed by atoms with Crippen LogP contribution in [-0.2, 0) is 24.0 Å². The third kappa shape index (κ3) is 11.3. The fourth-order valence-electron chi connectivity index (χ4n) is 3.50. The van der Waals surface area contributed by atoms with Gasteiger partial charge in [0, 0.05) is 19.3 Å². The molecule has 172 valence electrons. The highest BCUT2D eigenvalue weighted by atomic mass is 16.7. The molecule has 0 spiro atoms. The smallest absolute Gasteiger partial charge is 0.343 e. The van der Waals surface area contributed by atoms with E-state index in [1.165, 1.54) is 71.1 Å². The van der Waals surface area contributed by atoms with Crippen LogP contribution in [0.25, 0.3) is 0 Å². The molecule has 1 saturated heterocycles. The molecule has 1 aliphatic heterocycles. The SMILES string of the molecule is CCCCCCCCCCCCCCCC(=O)NC(C)C(=O)ON1C(=O)CCC1=O. The highest BCUT2D eigenvalue weighted by molar-refractivity contribution is 6.01. The lowest BCUT2D eigenvalue weighted by Crippen LogP contribution is -2.43. The topological polar surface area (TPSA) is 92.8 Å². The van der Waals surface area contributed by atoms with E-state index in [4.69, 9.17) is 4.84 Å². The Kier molecular flexibility index (Phi) is 13.8. The van der Waals surface area contributed by atoms with E-state index in [1.54, 1.807) is 0 Å². The number of rotatable bonds is 17. The molecule has 0 aromatic heterocycles. The van der Waals surface area contributed by atoms with E-state index in [-0.39, 0.29) is 18.7 Å². The molecule has 1 unspecified atom stereocenters. The van der Waals surface area contributed by atoms with Gasteiger partial charge in [0.05, 0.1) is 0 Å². The summed E-state index contributed by atoms with van der Waals surface area (Å²) < 4.78 is 0. The summed E-state index contributed by atoms with van der Waals surface area (Å²) in [6.45, 7) is 3.72. The molecule has 0 bridgehead atoms. The third-order valence-electron chi connectivity index (χ3n) is 5.43. The molecule has 30 heavy (non-hydrogen) atoms. The second-order valence-electron chi connectivity index (χ2n) is 8.27. The molecule has 1 atom stereocenters. The molecule has 3 amide bonds. The zero-order valence-corrected chi connectivity index (χ0v) is 18.9. The van der Waals surface area contributed by atoms with Crippen molar-refractivity contribution in [1.82, 2.24) is 10.4 Å². The molecule has 1 N–H and O–H groups in total. The lowest BCUT2D eigenvalue weighted by molar-refractivity contribution is -0.198. The third-order valence-corrected chi connectivity index (χ3v) is 5.43. The van der Waals surface area contributed by atoms with Crippen LogP contribution in [0.4, 0.5) is 0 Å². The number of hydroxylamine groups is 2. The van der Waals surface area contributed by atoms with Gasteiger partial charge in [0.25, 0.3) is 11.8 Å². The van der Waals surface area contributed by atoms with Crippen molar-refractivity contribution in [2.24, 2.45) is 0 Å². The van der Waals surface area contributed by atoms with Gasteiger partial charge in [-0.1, -0.05) is 84.0 Å². The normalized spacial score (nSPS) is 14.8. The summed E-state index contributed by atoms with van der Waals surface area (Å²) in [7, 11) is 0. The van der Waals surface area contributed by atoms with Gasteiger partial charge < -0.3 is 10.2 Å². The zero-order chi connectivity index (χ0) is 22.2. The summed E-state index contributed by atoms with van der Waals surface area (Å²) in [5.41, 5.74) is 0. The van der Waals surface area contributed by atoms with E-state index in [1.807, 2.05) is 0 Å². The van der Waals surface area contributed by atoms with Crippen molar-refractivity contribution in [3.05, 3.63) is 0 Å². The Morgan fingerprint density at radius 2 is 1.27 bits per heavy atom. The van der Waals surface area contributed by atoms with Gasteiger partial charge in [-0.25, -0.2) is 4.79 Å². The minimum Gasteiger partial charge on any atom is -0.343 e. The summed E-state index contributed by atoms with van der Waals surface area (Å²) in [6.07, 6.45) is 16.6. The number of hydrogen-bond acceptors (Lipinski definition) is 5. The quantitative estimate of drug-likeness (QED) is 0.272. The van der Waals surface area contributed by atoms with E-state index < -0.39 is 23.8 Å². The second-order valence-corrected chi connectivity index (χ2v) is 8.27. The van der Waals surface area contributed by atoms with Gasteiger partial charge in [0.15, 0.2) is 0 Å². The fraction of sp³-hybridized carbons (Fsp3) is 0.826. The van der Waals surface area contributed by atoms with Crippen LogP contribution in [0.3, 0.4) is 0 Å². The van der Waals surface area contributed by atoms with Crippen molar-refractivity contribution in [2.75, 3.05) is 0 Å². The van der Waals surface area contributed by atoms with Crippen LogP contribution in [0.1, 0.15) is 117 Å². The highest BCUT2D eigenvalue weighted by Crippen LogP contribution is 2.14. The van der Waals surface area contributed by atoms with Crippen molar-refractivity contribution in [2.45, 2.75) is 123 Å². The van der Waals surface area contributed by atoms with Crippen LogP contribution in [0, 0.1) is 0 Å². The molecular formula is C23H40N2O5. The Hall–Kier alpha value is -1.92. The van der Waals surface area contributed by atoms with Gasteiger partial charge in [-0.3, -0.25) is 14.4 Å². The Labute approximate surface area is 181 Å². The molecule has 0 aromatic rings. The van der Waals surface area contributed by atoms with Crippen molar-refractivity contribution in [3.63, 3.8) is 0 Å². The number of nitrogens with zero attached hydrogens (tertiary/aromatic N) is 1. The average molecular weight is 425 g/mol. The van der Waals surface area contributed by atoms with Gasteiger partial charge in [-0.15, -0.1) is 5.06 Å². The Bertz CT molecular complexity index is 534. The standard InChI is InChI=1S/C23H40N2O5/c1-3-4-5-6-7-8-9-10-11-12-13-14-15-16-20(26)24-19(2)23(29)30-25-21(27)17-18-22(25)28/h19H,3-18H2,1-2H3,(H,24,26). The molecule has 1 fully saturated rings. The van der Waals surface area contributed by atoms with Crippen LogP contribution < -0.4 is 5.32 Å². The van der Waals surface area contributed by atoms with E-state index in [2.05, 4.69) is 12.2 Å². The maximum Gasteiger partial charge on any atom is 0.354 e. The molecule has 0 aromatic carbocycles. The van der Waals surface area contributed by atoms with Gasteiger partial charge >= 0.3 is 5.97 Å². The largest absolute Gasteiger partial charge is 0.354 e. The lowest BCUT2D eigenvalue weighted by atomic mass is 10.0. The van der Waals surface area contributed by atoms with Crippen molar-refractivity contribution >= 4 is 23.7 Å². The van der Waals surface area contributed by atoms with Crippen LogP contribution in [0.15, 0.2) is 0 Å². The fourth-order valence-corrected chi connectivity index (χ4v) is 3.50. The lowest BCUT2D eigenvalue weighted by Gasteiger charge is -2.17. The minimum absolute atomic E-state index is 0.0475. The Morgan fingerprint density at radius 1 is 0.833 bits per heavy atom. The van der Waals surface area contributed by atoms with Crippen LogP contribution in [0.5, 0.6) is 0 Å². The van der Waals surface area contributed by atoms with Crippen molar-refractivity contribution < 1.29 is 24.0 Å². The summed E-state index contributed by atoms with van der Waals surface area (Å²) in [5, 5.41) is 3.06. The van der Waals surface area contributed by atoms with E-state index >= 15 is 0 Å². The first-order valence-corrected chi connectivity index (χ1v) is 11.8. The minimum atomic E-state index is -0.902. The van der Waals surface area contributed by atoms with Gasteiger partial charge in [-0.05, 0) is 13.3 Å². The predicted octanol–water partition coefficient (Wildman–Crippen LogP) is 4.58. The summed E-state index contributed by atoms with van der Waals surface area (Å²) in [4.78, 5) is 51.6. The summed E-state index contributed by atoms with van der Waals surface area (Å²) in [5.74, 6) is -2.09. The maximum atomic E-state index is 12.0. The molecule has 0 aliphatic carbocycles. The maximum absolute atomic E-state index is 12.0. The summed E-state index contributed by atoms with van der Waals surface area (Å²) in [6, 6.07) is -0.902. The number of imide groups is 1. The molecule has 1 heterocycles. The first kappa shape index (κ1) is 26.1. The Morgan fingerprint density at radius 3 is 1.73 bits per heavy atom. The molecule has 7 nitrogen and oxygen atoms in total. The molecule has 0 radical (unpaired) electrons. The van der Waals surface area contributed by atoms with Crippen LogP contribution in [-0.4, -0.2) is 34.8 Å². The number of amides is 3. The number of carbonyl (C=O) groups is 4. The molecular weight excluding hydrogens is 384 g/mol. The number of unbranched alkanes of at least 4 members (excludes halogenated alkanes) is 12. The van der Waals surface area contributed by atoms with Crippen LogP contribution >= 0.6 is 0 Å². The van der Waals surface area contributed by atoms with E-state index in [0.29, 0.717) is 11.5 Å². The second kappa shape index (κ2) is 15.9. The van der Waals surface area contributed by atoms with Crippen molar-refractivity contribution in [1.29, 1.82) is 0 Å². The van der Waals surface area contributed by atoms with E-state index in [0.717, 1.165) is 19.3 Å². The first-order chi connectivity index (χ1) is 14.5. The number of nitrogens with one attached hydrogen (secondary N) is 1.